The molecule has 0 N–H and O–H groups in total. The first-order chi connectivity index (χ1) is 15.9. The van der Waals surface area contributed by atoms with Crippen molar-refractivity contribution in [3.63, 3.8) is 0 Å². The second kappa shape index (κ2) is 9.52. The van der Waals surface area contributed by atoms with E-state index in [1.165, 1.54) is 23.5 Å². The molecular weight excluding hydrogens is 458 g/mol. The van der Waals surface area contributed by atoms with Crippen molar-refractivity contribution >= 4 is 51.9 Å². The maximum absolute atomic E-state index is 12.9. The summed E-state index contributed by atoms with van der Waals surface area (Å²) in [4.78, 5) is 28.1. The zero-order chi connectivity index (χ0) is 23.6. The largest absolute Gasteiger partial charge is 0.462 e. The molecule has 0 aliphatic carbocycles. The Hall–Kier alpha value is -2.91. The summed E-state index contributed by atoms with van der Waals surface area (Å²) in [5.41, 5.74) is 3.50. The molecule has 0 saturated carbocycles. The minimum Gasteiger partial charge on any atom is -0.462 e. The molecule has 0 fully saturated rings. The van der Waals surface area contributed by atoms with Gasteiger partial charge in [-0.05, 0) is 63.7 Å². The summed E-state index contributed by atoms with van der Waals surface area (Å²) in [7, 11) is 0. The van der Waals surface area contributed by atoms with Crippen LogP contribution in [0.4, 0.5) is 11.4 Å². The molecule has 0 radical (unpaired) electrons. The molecule has 33 heavy (non-hydrogen) atoms. The van der Waals surface area contributed by atoms with Gasteiger partial charge in [-0.15, -0.1) is 0 Å². The lowest BCUT2D eigenvalue weighted by Gasteiger charge is -2.41. The van der Waals surface area contributed by atoms with Crippen LogP contribution in [0.5, 0.6) is 0 Å². The van der Waals surface area contributed by atoms with Crippen molar-refractivity contribution in [1.82, 2.24) is 0 Å². The number of esters is 2. The van der Waals surface area contributed by atoms with Crippen LogP contribution in [0.15, 0.2) is 70.3 Å². The zero-order valence-electron chi connectivity index (χ0n) is 18.9. The number of carbonyl (C=O) groups is 2. The standard InChI is InChI=1S/C24H25N3O4S2/c1-5-30-22(28)20-17(4)26(18-10-8-7-9-11-18)24(32-20)27(19-14-12-16(3)13-15-19)25-21(33-24)23(29)31-6-2/h7-15H,5-6H2,1-4H3/t24-/m0/s1. The topological polar surface area (TPSA) is 71.4 Å². The van der Waals surface area contributed by atoms with Crippen molar-refractivity contribution in [2.75, 3.05) is 23.1 Å². The average molecular weight is 484 g/mol. The first-order valence-electron chi connectivity index (χ1n) is 10.6. The predicted molar refractivity (Wildman–Crippen MR) is 134 cm³/mol. The van der Waals surface area contributed by atoms with E-state index in [1.54, 1.807) is 18.9 Å². The fourth-order valence-electron chi connectivity index (χ4n) is 3.62. The average Bonchev–Trinajstić information content (AvgIpc) is 3.33. The number of hydrazone groups is 1. The van der Waals surface area contributed by atoms with Crippen LogP contribution in [-0.2, 0) is 19.1 Å². The third kappa shape index (κ3) is 4.22. The molecule has 1 atom stereocenters. The number of hydrogen-bond acceptors (Lipinski definition) is 9. The maximum Gasteiger partial charge on any atom is 0.365 e. The minimum absolute atomic E-state index is 0.226. The van der Waals surface area contributed by atoms with Crippen LogP contribution in [0.1, 0.15) is 26.3 Å². The van der Waals surface area contributed by atoms with Crippen molar-refractivity contribution in [3.05, 3.63) is 70.8 Å². The molecule has 2 aliphatic heterocycles. The Labute approximate surface area is 201 Å². The van der Waals surface area contributed by atoms with Crippen molar-refractivity contribution in [2.24, 2.45) is 5.10 Å². The Morgan fingerprint density at radius 3 is 2.15 bits per heavy atom. The van der Waals surface area contributed by atoms with Gasteiger partial charge in [0.2, 0.25) is 9.37 Å². The first-order valence-corrected chi connectivity index (χ1v) is 12.3. The van der Waals surface area contributed by atoms with Gasteiger partial charge in [-0.25, -0.2) is 14.6 Å². The maximum atomic E-state index is 12.9. The number of ether oxygens (including phenoxy) is 2. The van der Waals surface area contributed by atoms with Gasteiger partial charge in [-0.2, -0.15) is 5.10 Å². The number of rotatable bonds is 6. The van der Waals surface area contributed by atoms with Gasteiger partial charge >= 0.3 is 11.9 Å². The molecule has 0 saturated heterocycles. The Bertz CT molecular complexity index is 1120. The second-order valence-electron chi connectivity index (χ2n) is 7.33. The van der Waals surface area contributed by atoms with E-state index in [0.717, 1.165) is 22.6 Å². The zero-order valence-corrected chi connectivity index (χ0v) is 20.5. The monoisotopic (exact) mass is 483 g/mol. The molecule has 0 amide bonds. The summed E-state index contributed by atoms with van der Waals surface area (Å²) < 4.78 is 9.63. The predicted octanol–water partition coefficient (Wildman–Crippen LogP) is 5.08. The molecule has 2 heterocycles. The van der Waals surface area contributed by atoms with Gasteiger partial charge < -0.3 is 14.4 Å². The second-order valence-corrected chi connectivity index (χ2v) is 9.93. The summed E-state index contributed by atoms with van der Waals surface area (Å²) in [5, 5.41) is 6.70. The number of para-hydroxylation sites is 1. The number of anilines is 2. The Morgan fingerprint density at radius 1 is 0.879 bits per heavy atom. The highest BCUT2D eigenvalue weighted by Gasteiger charge is 2.58. The quantitative estimate of drug-likeness (QED) is 0.527. The summed E-state index contributed by atoms with van der Waals surface area (Å²) >= 11 is 2.59. The Balaban J connectivity index is 1.87. The molecule has 172 valence electrons. The molecule has 2 aromatic rings. The van der Waals surface area contributed by atoms with E-state index < -0.39 is 16.3 Å². The molecule has 0 unspecified atom stereocenters. The van der Waals surface area contributed by atoms with Gasteiger partial charge in [-0.1, -0.05) is 47.7 Å². The van der Waals surface area contributed by atoms with E-state index >= 15 is 0 Å². The lowest BCUT2D eigenvalue weighted by atomic mass is 10.2. The third-order valence-electron chi connectivity index (χ3n) is 5.07. The van der Waals surface area contributed by atoms with Crippen LogP contribution in [-0.4, -0.2) is 34.5 Å². The van der Waals surface area contributed by atoms with Crippen LogP contribution >= 0.6 is 23.5 Å². The molecule has 2 aromatic carbocycles. The van der Waals surface area contributed by atoms with Gasteiger partial charge in [0.05, 0.1) is 18.9 Å². The lowest BCUT2D eigenvalue weighted by molar-refractivity contribution is -0.137. The summed E-state index contributed by atoms with van der Waals surface area (Å²) in [6.07, 6.45) is 0. The van der Waals surface area contributed by atoms with Crippen molar-refractivity contribution in [1.29, 1.82) is 0 Å². The highest BCUT2D eigenvalue weighted by atomic mass is 32.2. The lowest BCUT2D eigenvalue weighted by Crippen LogP contribution is -2.49. The van der Waals surface area contributed by atoms with Gasteiger partial charge in [0.1, 0.15) is 4.91 Å². The minimum atomic E-state index is -0.981. The molecule has 0 aromatic heterocycles. The fraction of sp³-hybridized carbons (Fsp3) is 0.292. The smallest absolute Gasteiger partial charge is 0.365 e. The Morgan fingerprint density at radius 2 is 1.52 bits per heavy atom. The normalized spacial score (nSPS) is 19.8. The molecule has 1 spiro atoms. The van der Waals surface area contributed by atoms with Crippen molar-refractivity contribution in [2.45, 2.75) is 32.0 Å². The number of nitrogens with zero attached hydrogens (tertiary/aromatic N) is 3. The van der Waals surface area contributed by atoms with E-state index in [2.05, 4.69) is 5.10 Å². The molecule has 7 nitrogen and oxygen atoms in total. The van der Waals surface area contributed by atoms with Crippen LogP contribution < -0.4 is 9.91 Å². The van der Waals surface area contributed by atoms with Gasteiger partial charge in [0.25, 0.3) is 0 Å². The number of thioether (sulfide) groups is 2. The number of aryl methyl sites for hydroxylation is 1. The van der Waals surface area contributed by atoms with Crippen LogP contribution in [0.2, 0.25) is 0 Å². The van der Waals surface area contributed by atoms with Crippen molar-refractivity contribution < 1.29 is 19.1 Å². The number of benzene rings is 2. The fourth-order valence-corrected chi connectivity index (χ4v) is 6.57. The molecule has 9 heteroatoms. The van der Waals surface area contributed by atoms with Gasteiger partial charge in [0, 0.05) is 11.4 Å². The molecule has 0 bridgehead atoms. The molecule has 2 aliphatic rings. The number of allylic oxidation sites excluding steroid dienone is 1. The summed E-state index contributed by atoms with van der Waals surface area (Å²) in [6.45, 7) is 7.96. The first kappa shape index (κ1) is 23.3. The molecule has 4 rings (SSSR count). The SMILES string of the molecule is CCOC(=O)C1=NN(c2ccc(C)cc2)[C@]2(S1)SC(C(=O)OCC)=C(C)N2c1ccccc1. The van der Waals surface area contributed by atoms with E-state index in [4.69, 9.17) is 9.47 Å². The van der Waals surface area contributed by atoms with E-state index in [1.807, 2.05) is 73.3 Å². The van der Waals surface area contributed by atoms with E-state index in [0.29, 0.717) is 4.91 Å². The van der Waals surface area contributed by atoms with E-state index in [-0.39, 0.29) is 18.3 Å². The van der Waals surface area contributed by atoms with Crippen molar-refractivity contribution in [3.8, 4) is 0 Å². The Kier molecular flexibility index (Phi) is 6.71. The summed E-state index contributed by atoms with van der Waals surface area (Å²) in [5.74, 6) is -0.890. The van der Waals surface area contributed by atoms with Crippen LogP contribution in [0.3, 0.4) is 0 Å². The van der Waals surface area contributed by atoms with Gasteiger partial charge in [-0.3, -0.25) is 0 Å². The van der Waals surface area contributed by atoms with Crippen LogP contribution in [0.25, 0.3) is 0 Å². The van der Waals surface area contributed by atoms with Crippen LogP contribution in [0, 0.1) is 6.92 Å². The third-order valence-corrected chi connectivity index (χ3v) is 7.92. The molecular formula is C24H25N3O4S2. The highest BCUT2D eigenvalue weighted by Crippen LogP contribution is 2.60. The summed E-state index contributed by atoms with van der Waals surface area (Å²) in [6, 6.07) is 17.6. The number of carbonyl (C=O) groups excluding carboxylic acids is 2. The number of hydrogen-bond donors (Lipinski definition) is 0. The highest BCUT2D eigenvalue weighted by molar-refractivity contribution is 8.29. The van der Waals surface area contributed by atoms with Gasteiger partial charge in [0.15, 0.2) is 0 Å². The van der Waals surface area contributed by atoms with E-state index in [9.17, 15) is 9.59 Å².